The first-order valence-corrected chi connectivity index (χ1v) is 6.91. The molecule has 2 heteroatoms. The van der Waals surface area contributed by atoms with Gasteiger partial charge >= 0.3 is 0 Å². The Bertz CT molecular complexity index is 144. The molecule has 0 fully saturated rings. The van der Waals surface area contributed by atoms with Crippen molar-refractivity contribution < 1.29 is 0 Å². The summed E-state index contributed by atoms with van der Waals surface area (Å²) in [6, 6.07) is 3.35. The molecule has 0 aliphatic carbocycles. The number of nitrogens with zero attached hydrogens (tertiary/aromatic N) is 1. The highest BCUT2D eigenvalue weighted by Gasteiger charge is 2.13. The molecule has 0 unspecified atom stereocenters. The summed E-state index contributed by atoms with van der Waals surface area (Å²) >= 11 is 0. The van der Waals surface area contributed by atoms with E-state index in [9.17, 15) is 0 Å². The molecule has 0 aromatic rings. The fourth-order valence-electron chi connectivity index (χ4n) is 0.725. The number of hydrogen-bond donors (Lipinski definition) is 0. The minimum Gasteiger partial charge on any atom is -0.198 e. The quantitative estimate of drug-likeness (QED) is 0.450. The molecule has 10 heavy (non-hydrogen) atoms. The summed E-state index contributed by atoms with van der Waals surface area (Å²) in [6.07, 6.45) is 1.74. The second kappa shape index (κ2) is 4.29. The molecule has 0 aromatic heterocycles. The van der Waals surface area contributed by atoms with E-state index in [2.05, 4.69) is 31.4 Å². The maximum absolute atomic E-state index is 8.28. The minimum atomic E-state index is -1.10. The van der Waals surface area contributed by atoms with Gasteiger partial charge in [-0.25, -0.2) is 0 Å². The van der Waals surface area contributed by atoms with E-state index in [4.69, 9.17) is 5.26 Å². The van der Waals surface area contributed by atoms with Crippen LogP contribution in [0.2, 0.25) is 19.1 Å². The van der Waals surface area contributed by atoms with Crippen LogP contribution in [0.1, 0.15) is 12.8 Å². The fraction of sp³-hybridized carbons (Fsp3) is 0.625. The lowest BCUT2D eigenvalue weighted by Gasteiger charge is -2.14. The number of hydrogen-bond acceptors (Lipinski definition) is 1. The third-order valence-electron chi connectivity index (χ3n) is 1.66. The Labute approximate surface area is 64.4 Å². The largest absolute Gasteiger partial charge is 0.198 e. The first-order chi connectivity index (χ1) is 4.62. The van der Waals surface area contributed by atoms with Crippen LogP contribution in [0, 0.1) is 11.3 Å². The lowest BCUT2D eigenvalue weighted by atomic mass is 10.4. The van der Waals surface area contributed by atoms with Gasteiger partial charge in [-0.2, -0.15) is 5.26 Å². The molecule has 1 nitrogen and oxygen atoms in total. The van der Waals surface area contributed by atoms with Crippen LogP contribution < -0.4 is 0 Å². The zero-order valence-corrected chi connectivity index (χ0v) is 7.85. The Balaban J connectivity index is 3.49. The molecule has 0 bridgehead atoms. The fourth-order valence-corrected chi connectivity index (χ4v) is 2.02. The van der Waals surface area contributed by atoms with Crippen LogP contribution in [0.25, 0.3) is 0 Å². The van der Waals surface area contributed by atoms with Crippen molar-refractivity contribution in [3.05, 3.63) is 12.3 Å². The van der Waals surface area contributed by atoms with E-state index in [0.29, 0.717) is 6.42 Å². The van der Waals surface area contributed by atoms with Gasteiger partial charge in [-0.15, -0.1) is 12.3 Å². The van der Waals surface area contributed by atoms with Crippen LogP contribution in [0.4, 0.5) is 0 Å². The van der Waals surface area contributed by atoms with Crippen molar-refractivity contribution in [3.63, 3.8) is 0 Å². The van der Waals surface area contributed by atoms with Gasteiger partial charge in [0.1, 0.15) is 0 Å². The van der Waals surface area contributed by atoms with Gasteiger partial charge in [-0.1, -0.05) is 19.1 Å². The zero-order valence-electron chi connectivity index (χ0n) is 6.85. The van der Waals surface area contributed by atoms with Crippen LogP contribution >= 0.6 is 0 Å². The summed E-state index contributed by atoms with van der Waals surface area (Å²) in [5, 5.41) is 8.28. The molecule has 0 saturated heterocycles. The van der Waals surface area contributed by atoms with Crippen molar-refractivity contribution in [2.45, 2.75) is 32.0 Å². The predicted octanol–water partition coefficient (Wildman–Crippen LogP) is 2.72. The first kappa shape index (κ1) is 9.45. The summed E-state index contributed by atoms with van der Waals surface area (Å²) in [5.74, 6) is 0. The normalized spacial score (nSPS) is 10.5. The summed E-state index contributed by atoms with van der Waals surface area (Å²) in [5.41, 5.74) is 2.09. The van der Waals surface area contributed by atoms with Gasteiger partial charge < -0.3 is 0 Å². The Morgan fingerprint density at radius 2 is 2.20 bits per heavy atom. The van der Waals surface area contributed by atoms with Gasteiger partial charge in [0.2, 0.25) is 0 Å². The Morgan fingerprint density at radius 3 is 2.60 bits per heavy atom. The van der Waals surface area contributed by atoms with Gasteiger partial charge in [0.05, 0.1) is 14.1 Å². The van der Waals surface area contributed by atoms with E-state index in [-0.39, 0.29) is 0 Å². The van der Waals surface area contributed by atoms with Crippen LogP contribution in [0.3, 0.4) is 0 Å². The smallest absolute Gasteiger partial charge is 0.0710 e. The zero-order chi connectivity index (χ0) is 8.04. The van der Waals surface area contributed by atoms with Crippen molar-refractivity contribution in [1.29, 1.82) is 5.26 Å². The van der Waals surface area contributed by atoms with E-state index >= 15 is 0 Å². The highest BCUT2D eigenvalue weighted by molar-refractivity contribution is 6.82. The molecule has 0 rings (SSSR count). The molecule has 0 saturated carbocycles. The molecule has 0 radical (unpaired) electrons. The average molecular weight is 153 g/mol. The van der Waals surface area contributed by atoms with Crippen LogP contribution in [0.15, 0.2) is 12.3 Å². The van der Waals surface area contributed by atoms with E-state index in [0.717, 1.165) is 6.42 Å². The summed E-state index contributed by atoms with van der Waals surface area (Å²) in [6.45, 7) is 8.34. The summed E-state index contributed by atoms with van der Waals surface area (Å²) in [7, 11) is -1.10. The number of unbranched alkanes of at least 4 members (excludes halogenated alkanes) is 1. The summed E-state index contributed by atoms with van der Waals surface area (Å²) < 4.78 is 0. The minimum absolute atomic E-state index is 0.699. The molecule has 0 aromatic carbocycles. The maximum atomic E-state index is 8.28. The van der Waals surface area contributed by atoms with Crippen LogP contribution in [-0.2, 0) is 0 Å². The topological polar surface area (TPSA) is 23.8 Å². The van der Waals surface area contributed by atoms with Crippen LogP contribution in [-0.4, -0.2) is 8.07 Å². The van der Waals surface area contributed by atoms with Crippen molar-refractivity contribution in [1.82, 2.24) is 0 Å². The molecule has 0 atom stereocenters. The van der Waals surface area contributed by atoms with Crippen molar-refractivity contribution in [2.24, 2.45) is 0 Å². The summed E-state index contributed by atoms with van der Waals surface area (Å²) in [4.78, 5) is 0. The Kier molecular flexibility index (Phi) is 4.05. The number of rotatable bonds is 4. The van der Waals surface area contributed by atoms with E-state index in [1.54, 1.807) is 0 Å². The highest BCUT2D eigenvalue weighted by Crippen LogP contribution is 2.13. The Morgan fingerprint density at radius 1 is 1.60 bits per heavy atom. The Hall–Kier alpha value is -0.553. The molecule has 0 N–H and O–H groups in total. The van der Waals surface area contributed by atoms with E-state index in [1.165, 1.54) is 6.04 Å². The SMILES string of the molecule is C=C[Si](C)(C)CCCC#N. The molecular formula is C8H15NSi. The number of nitriles is 1. The van der Waals surface area contributed by atoms with E-state index < -0.39 is 8.07 Å². The highest BCUT2D eigenvalue weighted by atomic mass is 28.3. The third kappa shape index (κ3) is 4.34. The van der Waals surface area contributed by atoms with Gasteiger partial charge in [-0.05, 0) is 6.42 Å². The maximum Gasteiger partial charge on any atom is 0.0710 e. The second-order valence-electron chi connectivity index (χ2n) is 3.20. The molecule has 0 spiro atoms. The average Bonchev–Trinajstić information content (AvgIpc) is 1.89. The van der Waals surface area contributed by atoms with Crippen molar-refractivity contribution in [3.8, 4) is 6.07 Å². The molecule has 0 aliphatic heterocycles. The first-order valence-electron chi connectivity index (χ1n) is 3.63. The molecule has 0 heterocycles. The van der Waals surface area contributed by atoms with Crippen molar-refractivity contribution >= 4 is 8.07 Å². The lowest BCUT2D eigenvalue weighted by molar-refractivity contribution is 0.947. The van der Waals surface area contributed by atoms with Gasteiger partial charge in [0.25, 0.3) is 0 Å². The van der Waals surface area contributed by atoms with Crippen molar-refractivity contribution in [2.75, 3.05) is 0 Å². The van der Waals surface area contributed by atoms with E-state index in [1.807, 2.05) is 0 Å². The van der Waals surface area contributed by atoms with Crippen LogP contribution in [0.5, 0.6) is 0 Å². The monoisotopic (exact) mass is 153 g/mol. The van der Waals surface area contributed by atoms with Gasteiger partial charge in [-0.3, -0.25) is 0 Å². The molecule has 56 valence electrons. The third-order valence-corrected chi connectivity index (χ3v) is 4.41. The standard InChI is InChI=1S/C8H15NSi/c1-4-10(2,3)8-6-5-7-9/h4H,1,5-6,8H2,2-3H3. The lowest BCUT2D eigenvalue weighted by Crippen LogP contribution is -2.21. The second-order valence-corrected chi connectivity index (χ2v) is 8.09. The predicted molar refractivity (Wildman–Crippen MR) is 47.3 cm³/mol. The molecular weight excluding hydrogens is 138 g/mol. The van der Waals surface area contributed by atoms with Gasteiger partial charge in [0, 0.05) is 6.42 Å². The van der Waals surface area contributed by atoms with Gasteiger partial charge in [0.15, 0.2) is 0 Å². The molecule has 0 amide bonds. The molecule has 0 aliphatic rings.